The van der Waals surface area contributed by atoms with Crippen LogP contribution in [0.2, 0.25) is 0 Å². The number of esters is 3. The second-order valence-corrected chi connectivity index (χ2v) is 13.7. The molecule has 2 aliphatic heterocycles. The summed E-state index contributed by atoms with van der Waals surface area (Å²) in [5, 5.41) is 8.82. The van der Waals surface area contributed by atoms with Crippen LogP contribution in [0.3, 0.4) is 0 Å². The van der Waals surface area contributed by atoms with Crippen molar-refractivity contribution in [2.24, 2.45) is 16.8 Å². The number of ether oxygens (including phenoxy) is 5. The number of alkyl carbamates (subject to hydrolysis) is 1. The molecule has 0 bridgehead atoms. The molecule has 1 saturated heterocycles. The molecule has 18 heteroatoms. The summed E-state index contributed by atoms with van der Waals surface area (Å²) in [7, 11) is 1.66. The molecule has 2 aromatic rings. The van der Waals surface area contributed by atoms with E-state index in [0.29, 0.717) is 22.4 Å². The summed E-state index contributed by atoms with van der Waals surface area (Å²) < 4.78 is 30.5. The zero-order valence-electron chi connectivity index (χ0n) is 30.0. The van der Waals surface area contributed by atoms with Crippen LogP contribution < -0.4 is 16.1 Å². The number of amidine groups is 1. The summed E-state index contributed by atoms with van der Waals surface area (Å²) in [4.78, 5) is 84.1. The Bertz CT molecular complexity index is 1710. The summed E-state index contributed by atoms with van der Waals surface area (Å²) in [6.45, 7) is 10.6. The summed E-state index contributed by atoms with van der Waals surface area (Å²) >= 11 is 0. The summed E-state index contributed by atoms with van der Waals surface area (Å²) in [5.74, 6) is -2.75. The molecular weight excluding hydrogens is 670 g/mol. The topological polar surface area (TPSA) is 233 Å². The number of aromatic nitrogens is 3. The van der Waals surface area contributed by atoms with Crippen molar-refractivity contribution in [1.82, 2.24) is 19.9 Å². The SMILES string of the molecule is CC(=O)CCC(=O)OC1[C@@H](COC(=O)C(NC(=O)OC(C)(C)C)C(C)C)O[C@@H](n2cc3c4c(ncnc42)N(C)N=C3N)[C@H]1OC(=O)CCC(C)=O. The number of hydrogen-bond donors (Lipinski definition) is 2. The van der Waals surface area contributed by atoms with Crippen molar-refractivity contribution in [1.29, 1.82) is 0 Å². The van der Waals surface area contributed by atoms with Gasteiger partial charge < -0.3 is 48.9 Å². The van der Waals surface area contributed by atoms with E-state index in [9.17, 15) is 28.8 Å². The maximum absolute atomic E-state index is 13.4. The lowest BCUT2D eigenvalue weighted by molar-refractivity contribution is -0.169. The Labute approximate surface area is 294 Å². The summed E-state index contributed by atoms with van der Waals surface area (Å²) in [6.07, 6.45) is -3.92. The van der Waals surface area contributed by atoms with Gasteiger partial charge in [0.1, 0.15) is 47.9 Å². The lowest BCUT2D eigenvalue weighted by Crippen LogP contribution is -2.48. The fourth-order valence-electron chi connectivity index (χ4n) is 5.46. The Hall–Kier alpha value is -5.13. The number of Topliss-reactive ketones (excluding diaryl/α,β-unsaturated/α-hetero) is 2. The van der Waals surface area contributed by atoms with Crippen LogP contribution in [0.25, 0.3) is 11.0 Å². The average Bonchev–Trinajstić information content (AvgIpc) is 3.57. The molecule has 5 atom stereocenters. The Balaban J connectivity index is 1.71. The predicted molar refractivity (Wildman–Crippen MR) is 179 cm³/mol. The first-order valence-electron chi connectivity index (χ1n) is 16.5. The largest absolute Gasteiger partial charge is 0.461 e. The van der Waals surface area contributed by atoms with Crippen molar-refractivity contribution < 1.29 is 52.5 Å². The van der Waals surface area contributed by atoms with Gasteiger partial charge in [-0.3, -0.25) is 9.59 Å². The first-order chi connectivity index (χ1) is 23.9. The molecule has 278 valence electrons. The second-order valence-electron chi connectivity index (χ2n) is 13.7. The number of hydrogen-bond acceptors (Lipinski definition) is 16. The minimum atomic E-state index is -1.37. The highest BCUT2D eigenvalue weighted by Gasteiger charge is 2.52. The molecule has 4 rings (SSSR count). The quantitative estimate of drug-likeness (QED) is 0.210. The summed E-state index contributed by atoms with van der Waals surface area (Å²) in [6, 6.07) is -1.12. The smallest absolute Gasteiger partial charge is 0.408 e. The van der Waals surface area contributed by atoms with Gasteiger partial charge in [0.2, 0.25) is 0 Å². The van der Waals surface area contributed by atoms with Crippen molar-refractivity contribution in [3.63, 3.8) is 0 Å². The molecule has 2 aromatic heterocycles. The normalized spacial score (nSPS) is 20.4. The molecule has 0 spiro atoms. The molecule has 18 nitrogen and oxygen atoms in total. The van der Waals surface area contributed by atoms with Crippen molar-refractivity contribution in [3.8, 4) is 0 Å². The Morgan fingerprint density at radius 2 is 1.57 bits per heavy atom. The molecule has 0 radical (unpaired) electrons. The number of anilines is 1. The number of hydrazone groups is 1. The van der Waals surface area contributed by atoms with E-state index in [1.165, 1.54) is 29.8 Å². The van der Waals surface area contributed by atoms with Gasteiger partial charge in [-0.05, 0) is 40.5 Å². The van der Waals surface area contributed by atoms with E-state index < -0.39 is 72.7 Å². The van der Waals surface area contributed by atoms with Crippen molar-refractivity contribution in [3.05, 3.63) is 18.1 Å². The van der Waals surface area contributed by atoms with Crippen LogP contribution in [0, 0.1) is 5.92 Å². The van der Waals surface area contributed by atoms with Crippen LogP contribution >= 0.6 is 0 Å². The van der Waals surface area contributed by atoms with E-state index in [0.717, 1.165) is 0 Å². The monoisotopic (exact) mass is 715 g/mol. The van der Waals surface area contributed by atoms with Crippen LogP contribution in [0.15, 0.2) is 17.6 Å². The van der Waals surface area contributed by atoms with E-state index in [2.05, 4.69) is 20.4 Å². The first kappa shape index (κ1) is 38.7. The van der Waals surface area contributed by atoms with Gasteiger partial charge in [-0.25, -0.2) is 24.6 Å². The molecule has 51 heavy (non-hydrogen) atoms. The summed E-state index contributed by atoms with van der Waals surface area (Å²) in [5.41, 5.74) is 6.21. The van der Waals surface area contributed by atoms with Crippen LogP contribution in [0.5, 0.6) is 0 Å². The predicted octanol–water partition coefficient (Wildman–Crippen LogP) is 2.05. The fourth-order valence-corrected chi connectivity index (χ4v) is 5.46. The number of nitrogens with two attached hydrogens (primary N) is 1. The van der Waals surface area contributed by atoms with Crippen molar-refractivity contribution in [2.75, 3.05) is 18.7 Å². The van der Waals surface area contributed by atoms with E-state index in [1.54, 1.807) is 47.9 Å². The molecular formula is C33H45N7O11. The Morgan fingerprint density at radius 1 is 0.961 bits per heavy atom. The zero-order chi connectivity index (χ0) is 37.8. The van der Waals surface area contributed by atoms with E-state index in [1.807, 2.05) is 0 Å². The molecule has 3 N–H and O–H groups in total. The van der Waals surface area contributed by atoms with Gasteiger partial charge in [0.15, 0.2) is 30.1 Å². The highest BCUT2D eigenvalue weighted by Crippen LogP contribution is 2.40. The van der Waals surface area contributed by atoms with Gasteiger partial charge in [-0.15, -0.1) is 0 Å². The highest BCUT2D eigenvalue weighted by molar-refractivity contribution is 6.13. The third-order valence-corrected chi connectivity index (χ3v) is 7.87. The minimum Gasteiger partial charge on any atom is -0.461 e. The van der Waals surface area contributed by atoms with E-state index in [4.69, 9.17) is 29.4 Å². The number of ketones is 2. The maximum atomic E-state index is 13.4. The average molecular weight is 716 g/mol. The highest BCUT2D eigenvalue weighted by atomic mass is 16.7. The number of amides is 1. The number of nitrogens with zero attached hydrogens (tertiary/aromatic N) is 5. The first-order valence-corrected chi connectivity index (χ1v) is 16.5. The second kappa shape index (κ2) is 15.8. The fraction of sp³-hybridized carbons (Fsp3) is 0.606. The van der Waals surface area contributed by atoms with Crippen LogP contribution in [0.1, 0.15) is 85.9 Å². The third kappa shape index (κ3) is 9.56. The zero-order valence-corrected chi connectivity index (χ0v) is 30.0. The van der Waals surface area contributed by atoms with Gasteiger partial charge in [-0.2, -0.15) is 5.10 Å². The molecule has 0 aromatic carbocycles. The van der Waals surface area contributed by atoms with Crippen molar-refractivity contribution >= 4 is 58.3 Å². The molecule has 1 amide bonds. The van der Waals surface area contributed by atoms with Gasteiger partial charge in [0, 0.05) is 31.6 Å². The molecule has 2 unspecified atom stereocenters. The van der Waals surface area contributed by atoms with E-state index >= 15 is 0 Å². The Morgan fingerprint density at radius 3 is 2.14 bits per heavy atom. The number of nitrogens with one attached hydrogen (secondary N) is 1. The van der Waals surface area contributed by atoms with Crippen LogP contribution in [-0.2, 0) is 47.7 Å². The van der Waals surface area contributed by atoms with Crippen LogP contribution in [0.4, 0.5) is 10.6 Å². The maximum Gasteiger partial charge on any atom is 0.408 e. The number of carbonyl (C=O) groups excluding carboxylic acids is 6. The van der Waals surface area contributed by atoms with Gasteiger partial charge >= 0.3 is 24.0 Å². The molecule has 1 fully saturated rings. The van der Waals surface area contributed by atoms with Gasteiger partial charge in [0.25, 0.3) is 0 Å². The van der Waals surface area contributed by atoms with Gasteiger partial charge in [-0.1, -0.05) is 13.8 Å². The van der Waals surface area contributed by atoms with Crippen molar-refractivity contribution in [2.45, 2.75) is 110 Å². The molecule has 2 aliphatic rings. The lowest BCUT2D eigenvalue weighted by atomic mass is 10.0. The lowest BCUT2D eigenvalue weighted by Gasteiger charge is -2.26. The number of carbonyl (C=O) groups is 6. The van der Waals surface area contributed by atoms with Gasteiger partial charge in [0.05, 0.1) is 18.2 Å². The van der Waals surface area contributed by atoms with Crippen LogP contribution in [-0.4, -0.2) is 99.5 Å². The number of rotatable bonds is 14. The minimum absolute atomic E-state index is 0.102. The third-order valence-electron chi connectivity index (χ3n) is 7.87. The molecule has 4 heterocycles. The Kier molecular flexibility index (Phi) is 12.0. The molecule has 0 saturated carbocycles. The molecule has 0 aliphatic carbocycles. The van der Waals surface area contributed by atoms with E-state index in [-0.39, 0.29) is 43.1 Å². The standard InChI is InChI=1S/C33H45N7O11/c1-16(2)24(37-32(46)51-33(5,6)7)31(45)47-14-20-25(49-21(43)11-9-17(3)41)26(50-22(44)12-10-18(4)42)30(48-20)40-13-19-23-28(35-15-36-29(23)40)39(8)38-27(19)34/h13,15-16,20,24-26,30H,9-12,14H2,1-8H3,(H2,34,38)(H,37,46)/t20-,24?,25?,26+,30-/m1/s1.